The number of amides is 1. The van der Waals surface area contributed by atoms with Crippen LogP contribution in [0.1, 0.15) is 33.7 Å². The van der Waals surface area contributed by atoms with Crippen molar-refractivity contribution in [2.24, 2.45) is 0 Å². The molecule has 1 N–H and O–H groups in total. The molecule has 6 heteroatoms. The molecule has 3 heterocycles. The zero-order valence-electron chi connectivity index (χ0n) is 12.4. The van der Waals surface area contributed by atoms with E-state index in [4.69, 9.17) is 8.83 Å². The summed E-state index contributed by atoms with van der Waals surface area (Å²) in [7, 11) is 0. The van der Waals surface area contributed by atoms with Gasteiger partial charge in [-0.3, -0.25) is 9.48 Å². The maximum absolute atomic E-state index is 12.0. The Hall–Kier alpha value is -2.76. The van der Waals surface area contributed by atoms with Crippen molar-refractivity contribution in [1.29, 1.82) is 0 Å². The maximum Gasteiger partial charge on any atom is 0.287 e. The minimum atomic E-state index is -0.261. The summed E-state index contributed by atoms with van der Waals surface area (Å²) in [4.78, 5) is 12.0. The molecule has 3 aromatic heterocycles. The highest BCUT2D eigenvalue weighted by Crippen LogP contribution is 2.20. The van der Waals surface area contributed by atoms with Crippen LogP contribution in [-0.2, 0) is 0 Å². The van der Waals surface area contributed by atoms with Crippen LogP contribution in [-0.4, -0.2) is 22.2 Å². The average molecular weight is 299 g/mol. The van der Waals surface area contributed by atoms with E-state index in [0.717, 1.165) is 17.1 Å². The first-order chi connectivity index (χ1) is 10.6. The molecule has 0 saturated heterocycles. The number of nitrogens with one attached hydrogen (secondary N) is 1. The third-order valence-corrected chi connectivity index (χ3v) is 3.41. The molecule has 0 saturated carbocycles. The molecule has 114 valence electrons. The predicted octanol–water partition coefficient (Wildman–Crippen LogP) is 2.71. The van der Waals surface area contributed by atoms with Crippen molar-refractivity contribution < 1.29 is 13.6 Å². The van der Waals surface area contributed by atoms with Crippen molar-refractivity contribution in [3.05, 3.63) is 65.8 Å². The SMILES string of the molecule is Cc1cc(C)n([C@H](CNC(=O)c2ccco2)c2ccco2)n1. The highest BCUT2D eigenvalue weighted by Gasteiger charge is 2.21. The molecule has 3 rings (SSSR count). The van der Waals surface area contributed by atoms with Crippen LogP contribution in [0.2, 0.25) is 0 Å². The lowest BCUT2D eigenvalue weighted by molar-refractivity contribution is 0.0920. The topological polar surface area (TPSA) is 73.2 Å². The van der Waals surface area contributed by atoms with Gasteiger partial charge in [-0.05, 0) is 44.2 Å². The fourth-order valence-corrected chi connectivity index (χ4v) is 2.43. The fourth-order valence-electron chi connectivity index (χ4n) is 2.43. The van der Waals surface area contributed by atoms with Crippen LogP contribution in [0.15, 0.2) is 51.7 Å². The molecule has 0 fully saturated rings. The van der Waals surface area contributed by atoms with Gasteiger partial charge in [0.15, 0.2) is 5.76 Å². The Morgan fingerprint density at radius 3 is 2.64 bits per heavy atom. The van der Waals surface area contributed by atoms with E-state index in [1.165, 1.54) is 6.26 Å². The third kappa shape index (κ3) is 2.81. The zero-order chi connectivity index (χ0) is 15.5. The largest absolute Gasteiger partial charge is 0.467 e. The molecule has 0 aliphatic rings. The average Bonchev–Trinajstić information content (AvgIpc) is 3.22. The highest BCUT2D eigenvalue weighted by molar-refractivity contribution is 5.91. The lowest BCUT2D eigenvalue weighted by atomic mass is 10.2. The van der Waals surface area contributed by atoms with Gasteiger partial charge in [0, 0.05) is 12.2 Å². The summed E-state index contributed by atoms with van der Waals surface area (Å²) in [5, 5.41) is 7.34. The lowest BCUT2D eigenvalue weighted by Crippen LogP contribution is -2.31. The van der Waals surface area contributed by atoms with Crippen molar-refractivity contribution in [1.82, 2.24) is 15.1 Å². The second-order valence-corrected chi connectivity index (χ2v) is 5.09. The van der Waals surface area contributed by atoms with Gasteiger partial charge in [-0.1, -0.05) is 0 Å². The van der Waals surface area contributed by atoms with Crippen molar-refractivity contribution in [3.8, 4) is 0 Å². The van der Waals surface area contributed by atoms with E-state index in [-0.39, 0.29) is 17.7 Å². The second kappa shape index (κ2) is 5.93. The zero-order valence-corrected chi connectivity index (χ0v) is 12.4. The van der Waals surface area contributed by atoms with Gasteiger partial charge in [0.25, 0.3) is 5.91 Å². The first-order valence-electron chi connectivity index (χ1n) is 7.03. The molecule has 6 nitrogen and oxygen atoms in total. The summed E-state index contributed by atoms with van der Waals surface area (Å²) in [5.41, 5.74) is 1.93. The Labute approximate surface area is 127 Å². The number of hydrogen-bond acceptors (Lipinski definition) is 4. The summed E-state index contributed by atoms with van der Waals surface area (Å²) < 4.78 is 12.5. The number of nitrogens with zero attached hydrogens (tertiary/aromatic N) is 2. The summed E-state index contributed by atoms with van der Waals surface area (Å²) in [6, 6.07) is 8.79. The number of carbonyl (C=O) groups is 1. The number of rotatable bonds is 5. The molecule has 22 heavy (non-hydrogen) atoms. The molecule has 0 radical (unpaired) electrons. The van der Waals surface area contributed by atoms with Gasteiger partial charge in [-0.25, -0.2) is 0 Å². The molecule has 0 unspecified atom stereocenters. The number of carbonyl (C=O) groups excluding carboxylic acids is 1. The molecular weight excluding hydrogens is 282 g/mol. The van der Waals surface area contributed by atoms with Gasteiger partial charge in [-0.2, -0.15) is 5.10 Å². The quantitative estimate of drug-likeness (QED) is 0.786. The molecule has 1 atom stereocenters. The normalized spacial score (nSPS) is 12.3. The predicted molar refractivity (Wildman–Crippen MR) is 79.6 cm³/mol. The van der Waals surface area contributed by atoms with Crippen LogP contribution in [0, 0.1) is 13.8 Å². The molecule has 0 aromatic carbocycles. The minimum absolute atomic E-state index is 0.206. The van der Waals surface area contributed by atoms with E-state index < -0.39 is 0 Å². The Morgan fingerprint density at radius 1 is 1.27 bits per heavy atom. The Morgan fingerprint density at radius 2 is 2.05 bits per heavy atom. The van der Waals surface area contributed by atoms with Crippen molar-refractivity contribution in [3.63, 3.8) is 0 Å². The van der Waals surface area contributed by atoms with Crippen molar-refractivity contribution in [2.45, 2.75) is 19.9 Å². The van der Waals surface area contributed by atoms with E-state index in [0.29, 0.717) is 6.54 Å². The van der Waals surface area contributed by atoms with Gasteiger partial charge in [0.2, 0.25) is 0 Å². The van der Waals surface area contributed by atoms with Crippen molar-refractivity contribution >= 4 is 5.91 Å². The van der Waals surface area contributed by atoms with E-state index in [9.17, 15) is 4.79 Å². The second-order valence-electron chi connectivity index (χ2n) is 5.09. The van der Waals surface area contributed by atoms with Crippen LogP contribution < -0.4 is 5.32 Å². The number of aryl methyl sites for hydroxylation is 2. The van der Waals surface area contributed by atoms with Crippen LogP contribution in [0.25, 0.3) is 0 Å². The number of aromatic nitrogens is 2. The van der Waals surface area contributed by atoms with E-state index in [1.54, 1.807) is 18.4 Å². The lowest BCUT2D eigenvalue weighted by Gasteiger charge is -2.17. The monoisotopic (exact) mass is 299 g/mol. The molecule has 3 aromatic rings. The van der Waals surface area contributed by atoms with Gasteiger partial charge < -0.3 is 14.2 Å². The van der Waals surface area contributed by atoms with Gasteiger partial charge in [0.1, 0.15) is 11.8 Å². The van der Waals surface area contributed by atoms with Crippen LogP contribution in [0.5, 0.6) is 0 Å². The summed E-state index contributed by atoms with van der Waals surface area (Å²) in [5.74, 6) is 0.764. The van der Waals surface area contributed by atoms with Crippen molar-refractivity contribution in [2.75, 3.05) is 6.54 Å². The summed E-state index contributed by atoms with van der Waals surface area (Å²) >= 11 is 0. The van der Waals surface area contributed by atoms with E-state index in [1.807, 2.05) is 36.7 Å². The molecule has 0 aliphatic carbocycles. The smallest absolute Gasteiger partial charge is 0.287 e. The number of furan rings is 2. The highest BCUT2D eigenvalue weighted by atomic mass is 16.3. The van der Waals surface area contributed by atoms with Gasteiger partial charge in [-0.15, -0.1) is 0 Å². The van der Waals surface area contributed by atoms with Gasteiger partial charge in [0.05, 0.1) is 18.2 Å². The summed E-state index contributed by atoms with van der Waals surface area (Å²) in [6.07, 6.45) is 3.09. The first kappa shape index (κ1) is 14.2. The standard InChI is InChI=1S/C16H17N3O3/c1-11-9-12(2)19(18-11)13(14-5-3-7-21-14)10-17-16(20)15-6-4-8-22-15/h3-9,13H,10H2,1-2H3,(H,17,20)/t13-/m1/s1. The Bertz CT molecular complexity index is 742. The van der Waals surface area contributed by atoms with Crippen LogP contribution in [0.4, 0.5) is 0 Å². The minimum Gasteiger partial charge on any atom is -0.467 e. The molecular formula is C16H17N3O3. The molecule has 0 spiro atoms. The Kier molecular flexibility index (Phi) is 3.82. The maximum atomic E-state index is 12.0. The van der Waals surface area contributed by atoms with Crippen LogP contribution in [0.3, 0.4) is 0 Å². The van der Waals surface area contributed by atoms with Gasteiger partial charge >= 0.3 is 0 Å². The third-order valence-electron chi connectivity index (χ3n) is 3.41. The van der Waals surface area contributed by atoms with Crippen LogP contribution >= 0.6 is 0 Å². The van der Waals surface area contributed by atoms with E-state index >= 15 is 0 Å². The fraction of sp³-hybridized carbons (Fsp3) is 0.250. The molecule has 0 bridgehead atoms. The first-order valence-corrected chi connectivity index (χ1v) is 7.03. The van der Waals surface area contributed by atoms with E-state index in [2.05, 4.69) is 10.4 Å². The molecule has 1 amide bonds. The number of hydrogen-bond donors (Lipinski definition) is 1. The molecule has 0 aliphatic heterocycles. The Balaban J connectivity index is 1.81. The summed E-state index contributed by atoms with van der Waals surface area (Å²) in [6.45, 7) is 4.27.